The minimum absolute atomic E-state index is 0.267. The predicted molar refractivity (Wildman–Crippen MR) is 120 cm³/mol. The molecule has 0 saturated carbocycles. The molecule has 30 heavy (non-hydrogen) atoms. The Balaban J connectivity index is 1.53. The quantitative estimate of drug-likeness (QED) is 0.471. The molecule has 0 fully saturated rings. The molecule has 2 N–H and O–H groups in total. The third-order valence-corrected chi connectivity index (χ3v) is 5.02. The maximum absolute atomic E-state index is 12.8. The number of hydrogen-bond acceptors (Lipinski definition) is 5. The average molecular weight is 397 g/mol. The van der Waals surface area contributed by atoms with E-state index in [1.54, 1.807) is 12.4 Å². The molecular formula is C24H23N5O. The molecule has 0 radical (unpaired) electrons. The zero-order valence-electron chi connectivity index (χ0n) is 17.0. The number of nitrogens with zero attached hydrogens (tertiary/aromatic N) is 3. The molecule has 150 valence electrons. The summed E-state index contributed by atoms with van der Waals surface area (Å²) in [5.41, 5.74) is 5.05. The zero-order chi connectivity index (χ0) is 20.9. The number of rotatable bonds is 6. The van der Waals surface area contributed by atoms with Crippen molar-refractivity contribution in [3.8, 4) is 0 Å². The van der Waals surface area contributed by atoms with E-state index >= 15 is 0 Å². The van der Waals surface area contributed by atoms with Gasteiger partial charge in [-0.15, -0.1) is 0 Å². The number of benzene rings is 2. The second-order valence-corrected chi connectivity index (χ2v) is 6.91. The topological polar surface area (TPSA) is 79.8 Å². The third kappa shape index (κ3) is 3.98. The molecule has 0 aliphatic heterocycles. The lowest BCUT2D eigenvalue weighted by Crippen LogP contribution is -2.16. The van der Waals surface area contributed by atoms with Crippen LogP contribution < -0.4 is 10.6 Å². The van der Waals surface area contributed by atoms with Crippen LogP contribution >= 0.6 is 0 Å². The first-order valence-electron chi connectivity index (χ1n) is 10.0. The van der Waals surface area contributed by atoms with Gasteiger partial charge >= 0.3 is 0 Å². The smallest absolute Gasteiger partial charge is 0.275 e. The fourth-order valence-electron chi connectivity index (χ4n) is 3.43. The van der Waals surface area contributed by atoms with Gasteiger partial charge in [-0.05, 0) is 36.1 Å². The lowest BCUT2D eigenvalue weighted by atomic mass is 10.0. The highest BCUT2D eigenvalue weighted by Crippen LogP contribution is 2.24. The van der Waals surface area contributed by atoms with Crippen molar-refractivity contribution in [2.75, 3.05) is 10.6 Å². The molecule has 6 heteroatoms. The Bertz CT molecular complexity index is 1160. The number of aryl methyl sites for hydroxylation is 2. The molecule has 2 aromatic carbocycles. The number of nitrogens with one attached hydrogen (secondary N) is 2. The maximum atomic E-state index is 12.8. The Morgan fingerprint density at radius 2 is 1.60 bits per heavy atom. The van der Waals surface area contributed by atoms with Gasteiger partial charge in [0.05, 0.1) is 23.6 Å². The highest BCUT2D eigenvalue weighted by Gasteiger charge is 2.13. The van der Waals surface area contributed by atoms with Crippen LogP contribution in [0, 0.1) is 0 Å². The van der Waals surface area contributed by atoms with Crippen molar-refractivity contribution in [1.82, 2.24) is 15.0 Å². The van der Waals surface area contributed by atoms with E-state index in [0.29, 0.717) is 5.82 Å². The van der Waals surface area contributed by atoms with Gasteiger partial charge < -0.3 is 10.6 Å². The molecule has 1 amide bonds. The Labute approximate surface area is 175 Å². The molecule has 2 aromatic heterocycles. The van der Waals surface area contributed by atoms with Gasteiger partial charge in [-0.1, -0.05) is 50.2 Å². The number of carbonyl (C=O) groups excluding carboxylic acids is 1. The van der Waals surface area contributed by atoms with E-state index in [4.69, 9.17) is 0 Å². The summed E-state index contributed by atoms with van der Waals surface area (Å²) in [5.74, 6) is 0.282. The lowest BCUT2D eigenvalue weighted by molar-refractivity contribution is 0.102. The van der Waals surface area contributed by atoms with Gasteiger partial charge in [0.2, 0.25) is 0 Å². The van der Waals surface area contributed by atoms with Gasteiger partial charge in [0.15, 0.2) is 0 Å². The van der Waals surface area contributed by atoms with Crippen molar-refractivity contribution in [1.29, 1.82) is 0 Å². The van der Waals surface area contributed by atoms with Gasteiger partial charge in [-0.3, -0.25) is 9.78 Å². The normalized spacial score (nSPS) is 10.7. The summed E-state index contributed by atoms with van der Waals surface area (Å²) < 4.78 is 0. The Morgan fingerprint density at radius 1 is 0.867 bits per heavy atom. The number of aromatic nitrogens is 3. The molecule has 2 heterocycles. The Hall–Kier alpha value is -3.80. The number of fused-ring (bicyclic) bond motifs is 1. The molecule has 0 bridgehead atoms. The summed E-state index contributed by atoms with van der Waals surface area (Å²) in [5, 5.41) is 7.29. The van der Waals surface area contributed by atoms with Crippen LogP contribution in [0.2, 0.25) is 0 Å². The first-order chi connectivity index (χ1) is 14.7. The number of hydrogen-bond donors (Lipinski definition) is 2. The van der Waals surface area contributed by atoms with Crippen molar-refractivity contribution >= 4 is 34.0 Å². The van der Waals surface area contributed by atoms with Crippen molar-refractivity contribution < 1.29 is 4.79 Å². The molecular weight excluding hydrogens is 374 g/mol. The largest absolute Gasteiger partial charge is 0.337 e. The molecule has 0 unspecified atom stereocenters. The van der Waals surface area contributed by atoms with E-state index in [9.17, 15) is 4.79 Å². The van der Waals surface area contributed by atoms with E-state index in [-0.39, 0.29) is 11.6 Å². The van der Waals surface area contributed by atoms with E-state index in [1.165, 1.54) is 6.20 Å². The minimum Gasteiger partial charge on any atom is -0.337 e. The van der Waals surface area contributed by atoms with Crippen LogP contribution in [0.3, 0.4) is 0 Å². The zero-order valence-corrected chi connectivity index (χ0v) is 17.0. The third-order valence-electron chi connectivity index (χ3n) is 5.02. The van der Waals surface area contributed by atoms with Crippen molar-refractivity contribution in [2.24, 2.45) is 0 Å². The van der Waals surface area contributed by atoms with Crippen LogP contribution in [0.1, 0.15) is 35.5 Å². The molecule has 4 rings (SSSR count). The number of carbonyl (C=O) groups is 1. The maximum Gasteiger partial charge on any atom is 0.275 e. The van der Waals surface area contributed by atoms with Crippen LogP contribution in [0.25, 0.3) is 10.9 Å². The van der Waals surface area contributed by atoms with Crippen LogP contribution in [-0.2, 0) is 12.8 Å². The van der Waals surface area contributed by atoms with Crippen molar-refractivity contribution in [3.63, 3.8) is 0 Å². The molecule has 4 aromatic rings. The number of anilines is 3. The van der Waals surface area contributed by atoms with E-state index in [0.717, 1.165) is 46.2 Å². The summed E-state index contributed by atoms with van der Waals surface area (Å²) >= 11 is 0. The standard InChI is InChI=1S/C24H23N5O/c1-3-16-8-5-9-17(4-2)22(16)29-24(30)20-14-27-21(15-26-20)28-19-12-6-10-18-11-7-13-25-23(18)19/h5-15H,3-4H2,1-2H3,(H,27,28)(H,29,30). The minimum atomic E-state index is -0.267. The summed E-state index contributed by atoms with van der Waals surface area (Å²) in [4.78, 5) is 25.8. The van der Waals surface area contributed by atoms with Crippen LogP contribution in [0.4, 0.5) is 17.2 Å². The van der Waals surface area contributed by atoms with Gasteiger partial charge in [0, 0.05) is 17.3 Å². The number of amides is 1. The monoisotopic (exact) mass is 397 g/mol. The van der Waals surface area contributed by atoms with Crippen molar-refractivity contribution in [3.05, 3.63) is 83.9 Å². The Kier molecular flexibility index (Phi) is 5.66. The van der Waals surface area contributed by atoms with Gasteiger partial charge in [0.25, 0.3) is 5.91 Å². The average Bonchev–Trinajstić information content (AvgIpc) is 2.80. The summed E-state index contributed by atoms with van der Waals surface area (Å²) in [6.07, 6.45) is 6.49. The van der Waals surface area contributed by atoms with E-state index in [2.05, 4.69) is 39.4 Å². The summed E-state index contributed by atoms with van der Waals surface area (Å²) in [6, 6.07) is 15.9. The van der Waals surface area contributed by atoms with Crippen LogP contribution in [0.15, 0.2) is 67.1 Å². The van der Waals surface area contributed by atoms with Gasteiger partial charge in [0.1, 0.15) is 11.5 Å². The molecule has 0 saturated heterocycles. The van der Waals surface area contributed by atoms with Gasteiger partial charge in [-0.25, -0.2) is 9.97 Å². The fraction of sp³-hybridized carbons (Fsp3) is 0.167. The molecule has 6 nitrogen and oxygen atoms in total. The van der Waals surface area contributed by atoms with Crippen molar-refractivity contribution in [2.45, 2.75) is 26.7 Å². The van der Waals surface area contributed by atoms with E-state index < -0.39 is 0 Å². The fourth-order valence-corrected chi connectivity index (χ4v) is 3.43. The van der Waals surface area contributed by atoms with Gasteiger partial charge in [-0.2, -0.15) is 0 Å². The summed E-state index contributed by atoms with van der Waals surface area (Å²) in [7, 11) is 0. The second kappa shape index (κ2) is 8.69. The van der Waals surface area contributed by atoms with E-state index in [1.807, 2.05) is 48.5 Å². The highest BCUT2D eigenvalue weighted by atomic mass is 16.1. The first kappa shape index (κ1) is 19.5. The first-order valence-corrected chi connectivity index (χ1v) is 10.0. The number of pyridine rings is 1. The lowest BCUT2D eigenvalue weighted by Gasteiger charge is -2.14. The van der Waals surface area contributed by atoms with Crippen LogP contribution in [-0.4, -0.2) is 20.9 Å². The number of para-hydroxylation sites is 2. The predicted octanol–water partition coefficient (Wildman–Crippen LogP) is 5.15. The molecule has 0 aliphatic rings. The molecule has 0 aliphatic carbocycles. The second-order valence-electron chi connectivity index (χ2n) is 6.91. The molecule has 0 spiro atoms. The van der Waals surface area contributed by atoms with Crippen LogP contribution in [0.5, 0.6) is 0 Å². The Morgan fingerprint density at radius 3 is 2.30 bits per heavy atom. The molecule has 0 atom stereocenters. The SMILES string of the molecule is CCc1cccc(CC)c1NC(=O)c1cnc(Nc2cccc3cccnc23)cn1. The highest BCUT2D eigenvalue weighted by molar-refractivity contribution is 6.03. The summed E-state index contributed by atoms with van der Waals surface area (Å²) in [6.45, 7) is 4.15.